The molecule has 1 rings (SSSR count). The minimum atomic E-state index is -1.32. The zero-order valence-corrected chi connectivity index (χ0v) is 24.4. The van der Waals surface area contributed by atoms with Crippen LogP contribution in [0.4, 0.5) is 10.5 Å². The van der Waals surface area contributed by atoms with E-state index in [1.54, 1.807) is 0 Å². The predicted molar refractivity (Wildman–Crippen MR) is 164 cm³/mol. The fraction of sp³-hybridized carbons (Fsp3) is 0.387. The Morgan fingerprint density at radius 2 is 1.55 bits per heavy atom. The van der Waals surface area contributed by atoms with E-state index in [0.717, 1.165) is 31.7 Å². The lowest BCUT2D eigenvalue weighted by Crippen LogP contribution is -2.44. The second-order valence-corrected chi connectivity index (χ2v) is 9.95. The topological polar surface area (TPSA) is 125 Å². The highest BCUT2D eigenvalue weighted by molar-refractivity contribution is 8.04. The Kier molecular flexibility index (Phi) is 17.3. The lowest BCUT2D eigenvalue weighted by atomic mass is 10.0. The molecule has 40 heavy (non-hydrogen) atoms. The van der Waals surface area contributed by atoms with Crippen molar-refractivity contribution in [1.29, 1.82) is 0 Å². The summed E-state index contributed by atoms with van der Waals surface area (Å²) in [6.07, 6.45) is 23.2. The number of phenols is 1. The molecule has 4 N–H and O–H groups in total. The van der Waals surface area contributed by atoms with Crippen molar-refractivity contribution in [3.8, 4) is 5.75 Å². The van der Waals surface area contributed by atoms with E-state index in [9.17, 15) is 19.5 Å². The number of benzene rings is 1. The fourth-order valence-electron chi connectivity index (χ4n) is 3.46. The molecule has 0 spiro atoms. The van der Waals surface area contributed by atoms with Crippen LogP contribution in [0.2, 0.25) is 0 Å². The van der Waals surface area contributed by atoms with E-state index < -0.39 is 22.6 Å². The minimum Gasteiger partial charge on any atom is -0.507 e. The van der Waals surface area contributed by atoms with Gasteiger partial charge >= 0.3 is 12.1 Å². The SMILES string of the molecule is CC/C=C\C/C=C\C/C=C\C/C=C\C=C\SC(CC)(CC)C(=O)NCCOC(=O)Nc1ccc(O)c(C(=O)O)c1. The fourth-order valence-corrected chi connectivity index (χ4v) is 4.40. The van der Waals surface area contributed by atoms with Crippen LogP contribution in [-0.2, 0) is 9.53 Å². The summed E-state index contributed by atoms with van der Waals surface area (Å²) in [5, 5.41) is 25.8. The number of aromatic hydroxyl groups is 1. The van der Waals surface area contributed by atoms with Gasteiger partial charge < -0.3 is 20.3 Å². The molecule has 0 aliphatic heterocycles. The summed E-state index contributed by atoms with van der Waals surface area (Å²) in [6.45, 7) is 6.12. The van der Waals surface area contributed by atoms with Gasteiger partial charge in [-0.2, -0.15) is 0 Å². The highest BCUT2D eigenvalue weighted by atomic mass is 32.2. The van der Waals surface area contributed by atoms with Gasteiger partial charge in [-0.1, -0.05) is 75.5 Å². The van der Waals surface area contributed by atoms with Crippen molar-refractivity contribution < 1.29 is 29.3 Å². The lowest BCUT2D eigenvalue weighted by Gasteiger charge is -2.28. The Labute approximate surface area is 242 Å². The number of nitrogens with one attached hydrogen (secondary N) is 2. The number of amides is 2. The van der Waals surface area contributed by atoms with Crippen LogP contribution in [0.5, 0.6) is 5.75 Å². The second-order valence-electron chi connectivity index (χ2n) is 8.66. The Morgan fingerprint density at radius 1 is 0.925 bits per heavy atom. The van der Waals surface area contributed by atoms with Gasteiger partial charge in [0.1, 0.15) is 17.9 Å². The minimum absolute atomic E-state index is 0.0621. The van der Waals surface area contributed by atoms with Gasteiger partial charge in [-0.25, -0.2) is 9.59 Å². The Balaban J connectivity index is 2.41. The van der Waals surface area contributed by atoms with E-state index in [1.807, 2.05) is 31.4 Å². The van der Waals surface area contributed by atoms with Crippen LogP contribution in [0.15, 0.2) is 78.3 Å². The summed E-state index contributed by atoms with van der Waals surface area (Å²) in [6, 6.07) is 3.65. The molecule has 1 aromatic carbocycles. The van der Waals surface area contributed by atoms with E-state index in [-0.39, 0.29) is 30.3 Å². The third-order valence-electron chi connectivity index (χ3n) is 5.82. The summed E-state index contributed by atoms with van der Waals surface area (Å²) >= 11 is 1.47. The molecule has 0 fully saturated rings. The maximum absolute atomic E-state index is 12.9. The maximum atomic E-state index is 12.9. The number of rotatable bonds is 18. The number of carboxylic acids is 1. The first-order valence-electron chi connectivity index (χ1n) is 13.5. The van der Waals surface area contributed by atoms with E-state index in [4.69, 9.17) is 9.84 Å². The van der Waals surface area contributed by atoms with Gasteiger partial charge in [0.25, 0.3) is 0 Å². The first-order valence-corrected chi connectivity index (χ1v) is 14.4. The summed E-state index contributed by atoms with van der Waals surface area (Å²) in [5.41, 5.74) is -0.175. The van der Waals surface area contributed by atoms with Gasteiger partial charge in [-0.05, 0) is 62.1 Å². The molecule has 0 atom stereocenters. The standard InChI is InChI=1S/C31H42N2O6S/c1-4-7-8-9-10-11-12-13-14-15-16-17-18-23-40-31(5-2,6-3)29(37)32-21-22-39-30(38)33-25-19-20-27(34)26(24-25)28(35)36/h7-8,10-11,13-14,16-20,23-24,34H,4-6,9,12,15,21-22H2,1-3H3,(H,32,37)(H,33,38)(H,35,36)/b8-7-,11-10-,14-13-,17-16-,23-18+. The molecule has 1 aromatic rings. The van der Waals surface area contributed by atoms with Crippen molar-refractivity contribution in [2.75, 3.05) is 18.5 Å². The van der Waals surface area contributed by atoms with Crippen LogP contribution in [0, 0.1) is 0 Å². The molecular formula is C31H42N2O6S. The van der Waals surface area contributed by atoms with Crippen molar-refractivity contribution in [2.45, 2.75) is 64.0 Å². The number of carbonyl (C=O) groups excluding carboxylic acids is 2. The van der Waals surface area contributed by atoms with Crippen molar-refractivity contribution in [3.05, 3.63) is 83.9 Å². The highest BCUT2D eigenvalue weighted by Gasteiger charge is 2.34. The van der Waals surface area contributed by atoms with Crippen molar-refractivity contribution in [3.63, 3.8) is 0 Å². The number of carbonyl (C=O) groups is 3. The van der Waals surface area contributed by atoms with Crippen molar-refractivity contribution in [2.24, 2.45) is 0 Å². The van der Waals surface area contributed by atoms with Crippen molar-refractivity contribution >= 4 is 35.4 Å². The van der Waals surface area contributed by atoms with Gasteiger partial charge in [0.2, 0.25) is 5.91 Å². The predicted octanol–water partition coefficient (Wildman–Crippen LogP) is 7.37. The largest absolute Gasteiger partial charge is 0.507 e. The van der Waals surface area contributed by atoms with Gasteiger partial charge in [0.05, 0.1) is 11.3 Å². The molecule has 0 aliphatic rings. The highest BCUT2D eigenvalue weighted by Crippen LogP contribution is 2.33. The summed E-state index contributed by atoms with van der Waals surface area (Å²) < 4.78 is 4.44. The molecule has 0 saturated heterocycles. The zero-order valence-electron chi connectivity index (χ0n) is 23.6. The zero-order chi connectivity index (χ0) is 29.6. The van der Waals surface area contributed by atoms with E-state index in [1.165, 1.54) is 23.9 Å². The molecule has 0 radical (unpaired) electrons. The molecule has 0 bridgehead atoms. The number of hydrogen-bond donors (Lipinski definition) is 4. The monoisotopic (exact) mass is 570 g/mol. The normalized spacial score (nSPS) is 12.3. The number of hydrogen-bond acceptors (Lipinski definition) is 6. The quantitative estimate of drug-likeness (QED) is 0.0628. The first kappa shape index (κ1) is 34.3. The van der Waals surface area contributed by atoms with Gasteiger partial charge in [0.15, 0.2) is 0 Å². The third kappa shape index (κ3) is 13.4. The number of carboxylic acid groups (broad SMARTS) is 1. The lowest BCUT2D eigenvalue weighted by molar-refractivity contribution is -0.123. The van der Waals surface area contributed by atoms with E-state index >= 15 is 0 Å². The van der Waals surface area contributed by atoms with E-state index in [2.05, 4.69) is 60.1 Å². The average Bonchev–Trinajstić information content (AvgIpc) is 2.94. The van der Waals surface area contributed by atoms with Gasteiger partial charge in [0, 0.05) is 5.69 Å². The molecule has 0 unspecified atom stereocenters. The number of anilines is 1. The van der Waals surface area contributed by atoms with Gasteiger partial charge in [-0.15, -0.1) is 11.8 Å². The molecule has 0 saturated carbocycles. The van der Waals surface area contributed by atoms with Crippen molar-refractivity contribution in [1.82, 2.24) is 5.32 Å². The van der Waals surface area contributed by atoms with Gasteiger partial charge in [-0.3, -0.25) is 10.1 Å². The third-order valence-corrected chi connectivity index (χ3v) is 7.33. The number of aromatic carboxylic acids is 1. The second kappa shape index (κ2) is 20.2. The van der Waals surface area contributed by atoms with E-state index in [0.29, 0.717) is 12.8 Å². The molecule has 0 heterocycles. The molecule has 0 aliphatic carbocycles. The van der Waals surface area contributed by atoms with Crippen LogP contribution in [0.25, 0.3) is 0 Å². The van der Waals surface area contributed by atoms with Crippen LogP contribution in [-0.4, -0.2) is 46.1 Å². The molecule has 218 valence electrons. The number of allylic oxidation sites excluding steroid dienone is 9. The summed E-state index contributed by atoms with van der Waals surface area (Å²) in [7, 11) is 0. The van der Waals surface area contributed by atoms with Crippen LogP contribution in [0.3, 0.4) is 0 Å². The van der Waals surface area contributed by atoms with Crippen LogP contribution in [0.1, 0.15) is 69.7 Å². The molecular weight excluding hydrogens is 528 g/mol. The first-order chi connectivity index (χ1) is 19.3. The summed E-state index contributed by atoms with van der Waals surface area (Å²) in [5.74, 6) is -1.86. The number of ether oxygens (including phenoxy) is 1. The van der Waals surface area contributed by atoms with Crippen LogP contribution >= 0.6 is 11.8 Å². The average molecular weight is 571 g/mol. The smallest absolute Gasteiger partial charge is 0.411 e. The molecule has 8 nitrogen and oxygen atoms in total. The molecule has 0 aromatic heterocycles. The molecule has 2 amide bonds. The Morgan fingerprint density at radius 3 is 2.15 bits per heavy atom. The number of thioether (sulfide) groups is 1. The Hall–Kier alpha value is -3.72. The Bertz CT molecular complexity index is 1090. The maximum Gasteiger partial charge on any atom is 0.411 e. The van der Waals surface area contributed by atoms with Crippen LogP contribution < -0.4 is 10.6 Å². The molecule has 9 heteroatoms. The summed E-state index contributed by atoms with van der Waals surface area (Å²) in [4.78, 5) is 36.0.